The average Bonchev–Trinajstić information content (AvgIpc) is 3.19. The molecule has 1 aliphatic carbocycles. The lowest BCUT2D eigenvalue weighted by atomic mass is 9.79. The predicted octanol–water partition coefficient (Wildman–Crippen LogP) is 6.22. The number of fused-ring (bicyclic) bond motifs is 5. The number of rotatable bonds is 4. The third-order valence-electron chi connectivity index (χ3n) is 8.36. The number of benzene rings is 3. The predicted molar refractivity (Wildman–Crippen MR) is 143 cm³/mol. The molecule has 0 spiro atoms. The fourth-order valence-corrected chi connectivity index (χ4v) is 6.87. The first kappa shape index (κ1) is 23.9. The highest BCUT2D eigenvalue weighted by Gasteiger charge is 2.45. The number of ketones is 1. The molecule has 2 bridgehead atoms. The zero-order valence-electron chi connectivity index (χ0n) is 21.7. The van der Waals surface area contributed by atoms with Crippen LogP contribution in [0.15, 0.2) is 60.7 Å². The van der Waals surface area contributed by atoms with Gasteiger partial charge in [-0.1, -0.05) is 66.2 Å². The van der Waals surface area contributed by atoms with E-state index in [1.807, 2.05) is 30.9 Å². The topological polar surface area (TPSA) is 55.8 Å². The fraction of sp³-hybridized carbons (Fsp3) is 0.375. The zero-order valence-corrected chi connectivity index (χ0v) is 21.7. The Bertz CT molecular complexity index is 1300. The molecule has 2 atom stereocenters. The summed E-state index contributed by atoms with van der Waals surface area (Å²) in [4.78, 5) is 28.9. The minimum absolute atomic E-state index is 0.0269. The van der Waals surface area contributed by atoms with E-state index in [1.54, 1.807) is 0 Å². The second-order valence-corrected chi connectivity index (χ2v) is 10.9. The molecular formula is C32H33NO4. The monoisotopic (exact) mass is 495 g/mol. The number of piperidine rings is 1. The van der Waals surface area contributed by atoms with Gasteiger partial charge in [0.05, 0.1) is 25.3 Å². The SMILES string of the molecule is Cc1cc(C)c(C(=O)C2CC3COCC(C2)N3C(=O)OCC2c3ccccc3-c3ccccc32)c(C)c1. The van der Waals surface area contributed by atoms with Gasteiger partial charge in [-0.15, -0.1) is 0 Å². The summed E-state index contributed by atoms with van der Waals surface area (Å²) in [6.45, 7) is 7.27. The molecule has 2 heterocycles. The molecule has 0 aromatic heterocycles. The van der Waals surface area contributed by atoms with Gasteiger partial charge in [0.1, 0.15) is 6.61 Å². The van der Waals surface area contributed by atoms with Crippen LogP contribution in [0.5, 0.6) is 0 Å². The Labute approximate surface area is 218 Å². The third-order valence-corrected chi connectivity index (χ3v) is 8.36. The van der Waals surface area contributed by atoms with E-state index in [4.69, 9.17) is 9.47 Å². The highest BCUT2D eigenvalue weighted by molar-refractivity contribution is 6.00. The Morgan fingerprint density at radius 1 is 0.865 bits per heavy atom. The number of carbonyl (C=O) groups excluding carboxylic acids is 2. The van der Waals surface area contributed by atoms with Crippen LogP contribution in [0.2, 0.25) is 0 Å². The number of hydrogen-bond donors (Lipinski definition) is 0. The minimum atomic E-state index is -0.297. The van der Waals surface area contributed by atoms with Crippen LogP contribution in [-0.2, 0) is 9.47 Å². The van der Waals surface area contributed by atoms with Crippen LogP contribution in [0.1, 0.15) is 56.9 Å². The third kappa shape index (κ3) is 4.15. The highest BCUT2D eigenvalue weighted by atomic mass is 16.6. The summed E-state index contributed by atoms with van der Waals surface area (Å²) in [5.74, 6) is 0.106. The summed E-state index contributed by atoms with van der Waals surface area (Å²) in [7, 11) is 0. The van der Waals surface area contributed by atoms with Crippen LogP contribution in [0.25, 0.3) is 11.1 Å². The molecule has 2 unspecified atom stereocenters. The molecule has 1 amide bonds. The van der Waals surface area contributed by atoms with Gasteiger partial charge in [-0.25, -0.2) is 4.79 Å². The summed E-state index contributed by atoms with van der Waals surface area (Å²) in [6, 6.07) is 20.6. The highest BCUT2D eigenvalue weighted by Crippen LogP contribution is 2.45. The van der Waals surface area contributed by atoms with Crippen molar-refractivity contribution in [1.29, 1.82) is 0 Å². The lowest BCUT2D eigenvalue weighted by Gasteiger charge is -2.47. The maximum absolute atomic E-state index is 13.6. The van der Waals surface area contributed by atoms with Crippen molar-refractivity contribution in [2.75, 3.05) is 19.8 Å². The van der Waals surface area contributed by atoms with Gasteiger partial charge in [0.2, 0.25) is 0 Å². The number of morpholine rings is 1. The summed E-state index contributed by atoms with van der Waals surface area (Å²) in [5, 5.41) is 0. The van der Waals surface area contributed by atoms with Gasteiger partial charge in [-0.05, 0) is 67.0 Å². The number of aryl methyl sites for hydroxylation is 3. The number of ether oxygens (including phenoxy) is 2. The van der Waals surface area contributed by atoms with Crippen LogP contribution in [0.3, 0.4) is 0 Å². The Morgan fingerprint density at radius 3 is 1.97 bits per heavy atom. The molecule has 190 valence electrons. The number of amides is 1. The van der Waals surface area contributed by atoms with Crippen LogP contribution >= 0.6 is 0 Å². The first-order valence-corrected chi connectivity index (χ1v) is 13.3. The lowest BCUT2D eigenvalue weighted by molar-refractivity contribution is -0.0747. The Kier molecular flexibility index (Phi) is 6.12. The fourth-order valence-electron chi connectivity index (χ4n) is 6.87. The van der Waals surface area contributed by atoms with Crippen LogP contribution < -0.4 is 0 Å². The van der Waals surface area contributed by atoms with Crippen molar-refractivity contribution in [1.82, 2.24) is 4.90 Å². The number of carbonyl (C=O) groups is 2. The van der Waals surface area contributed by atoms with E-state index < -0.39 is 0 Å². The van der Waals surface area contributed by atoms with Crippen molar-refractivity contribution in [3.8, 4) is 11.1 Å². The first-order chi connectivity index (χ1) is 17.9. The first-order valence-electron chi connectivity index (χ1n) is 13.3. The van der Waals surface area contributed by atoms with Gasteiger partial charge in [-0.2, -0.15) is 0 Å². The smallest absolute Gasteiger partial charge is 0.410 e. The molecule has 37 heavy (non-hydrogen) atoms. The molecule has 0 N–H and O–H groups in total. The van der Waals surface area contributed by atoms with E-state index in [0.29, 0.717) is 32.7 Å². The molecule has 5 nitrogen and oxygen atoms in total. The molecule has 5 heteroatoms. The second-order valence-electron chi connectivity index (χ2n) is 10.9. The van der Waals surface area contributed by atoms with E-state index in [-0.39, 0.29) is 35.8 Å². The molecule has 3 aromatic rings. The largest absolute Gasteiger partial charge is 0.448 e. The van der Waals surface area contributed by atoms with Crippen molar-refractivity contribution in [2.45, 2.75) is 51.6 Å². The molecule has 0 saturated carbocycles. The summed E-state index contributed by atoms with van der Waals surface area (Å²) >= 11 is 0. The quantitative estimate of drug-likeness (QED) is 0.403. The molecule has 2 saturated heterocycles. The van der Waals surface area contributed by atoms with Crippen molar-refractivity contribution in [3.05, 3.63) is 94.0 Å². The van der Waals surface area contributed by atoms with Gasteiger partial charge < -0.3 is 9.47 Å². The zero-order chi connectivity index (χ0) is 25.7. The van der Waals surface area contributed by atoms with Crippen molar-refractivity contribution in [3.63, 3.8) is 0 Å². The molecule has 2 fully saturated rings. The number of Topliss-reactive ketones (excluding diaryl/α,β-unsaturated/α-hetero) is 1. The minimum Gasteiger partial charge on any atom is -0.448 e. The molecule has 6 rings (SSSR count). The van der Waals surface area contributed by atoms with Crippen molar-refractivity contribution < 1.29 is 19.1 Å². The Balaban J connectivity index is 1.18. The Morgan fingerprint density at radius 2 is 1.41 bits per heavy atom. The van der Waals surface area contributed by atoms with Gasteiger partial charge >= 0.3 is 6.09 Å². The van der Waals surface area contributed by atoms with Crippen LogP contribution in [0.4, 0.5) is 4.79 Å². The van der Waals surface area contributed by atoms with E-state index in [1.165, 1.54) is 27.8 Å². The average molecular weight is 496 g/mol. The number of nitrogens with zero attached hydrogens (tertiary/aromatic N) is 1. The van der Waals surface area contributed by atoms with Gasteiger partial charge in [-0.3, -0.25) is 9.69 Å². The van der Waals surface area contributed by atoms with Gasteiger partial charge in [0, 0.05) is 17.4 Å². The van der Waals surface area contributed by atoms with E-state index in [9.17, 15) is 9.59 Å². The molecule has 2 aliphatic heterocycles. The van der Waals surface area contributed by atoms with E-state index >= 15 is 0 Å². The lowest BCUT2D eigenvalue weighted by Crippen LogP contribution is -2.60. The normalized spacial score (nSPS) is 22.4. The molecular weight excluding hydrogens is 462 g/mol. The standard InChI is InChI=1S/C32H33NO4/c1-19-12-20(2)30(21(3)13-19)31(34)22-14-23-16-36-17-24(15-22)33(23)32(35)37-18-29-27-10-6-4-8-25(27)26-9-5-7-11-28(26)29/h4-13,22-24,29H,14-18H2,1-3H3. The van der Waals surface area contributed by atoms with Crippen LogP contribution in [-0.4, -0.2) is 48.7 Å². The van der Waals surface area contributed by atoms with Crippen LogP contribution in [0, 0.1) is 26.7 Å². The van der Waals surface area contributed by atoms with E-state index in [0.717, 1.165) is 16.7 Å². The molecule has 3 aliphatic rings. The maximum atomic E-state index is 13.6. The van der Waals surface area contributed by atoms with Crippen molar-refractivity contribution >= 4 is 11.9 Å². The van der Waals surface area contributed by atoms with Gasteiger partial charge in [0.25, 0.3) is 0 Å². The molecule has 3 aromatic carbocycles. The molecule has 0 radical (unpaired) electrons. The van der Waals surface area contributed by atoms with Crippen molar-refractivity contribution in [2.24, 2.45) is 5.92 Å². The van der Waals surface area contributed by atoms with Gasteiger partial charge in [0.15, 0.2) is 5.78 Å². The summed E-state index contributed by atoms with van der Waals surface area (Å²) in [6.07, 6.45) is 0.909. The number of hydrogen-bond acceptors (Lipinski definition) is 4. The summed E-state index contributed by atoms with van der Waals surface area (Å²) in [5.41, 5.74) is 8.90. The second kappa shape index (κ2) is 9.46. The Hall–Kier alpha value is -3.44. The van der Waals surface area contributed by atoms with E-state index in [2.05, 4.69) is 55.5 Å². The maximum Gasteiger partial charge on any atom is 0.410 e. The summed E-state index contributed by atoms with van der Waals surface area (Å²) < 4.78 is 11.8.